The van der Waals surface area contributed by atoms with Gasteiger partial charge < -0.3 is 15.4 Å². The quantitative estimate of drug-likeness (QED) is 0.667. The number of hydrogen-bond donors (Lipinski definition) is 2. The summed E-state index contributed by atoms with van der Waals surface area (Å²) in [6.45, 7) is 7.60. The van der Waals surface area contributed by atoms with E-state index in [1.165, 1.54) is 0 Å². The van der Waals surface area contributed by atoms with Crippen LogP contribution in [0, 0.1) is 0 Å². The summed E-state index contributed by atoms with van der Waals surface area (Å²) in [7, 11) is 1.70. The molecule has 0 unspecified atom stereocenters. The lowest BCUT2D eigenvalue weighted by Gasteiger charge is -2.09. The fraction of sp³-hybridized carbons (Fsp3) is 0.667. The second-order valence-electron chi connectivity index (χ2n) is 4.15. The van der Waals surface area contributed by atoms with Crippen molar-refractivity contribution >= 4 is 5.82 Å². The van der Waals surface area contributed by atoms with Gasteiger partial charge in [0.1, 0.15) is 12.1 Å². The molecule has 0 atom stereocenters. The Hall–Kier alpha value is -1.20. The smallest absolute Gasteiger partial charge is 0.129 e. The summed E-state index contributed by atoms with van der Waals surface area (Å²) in [6, 6.07) is 2.00. The van der Waals surface area contributed by atoms with Crippen LogP contribution in [-0.2, 0) is 4.74 Å². The Balaban J connectivity index is 2.24. The lowest BCUT2D eigenvalue weighted by Crippen LogP contribution is -2.25. The van der Waals surface area contributed by atoms with Gasteiger partial charge in [0.15, 0.2) is 0 Å². The molecule has 0 amide bonds. The topological polar surface area (TPSA) is 59.1 Å². The summed E-state index contributed by atoms with van der Waals surface area (Å²) in [5, 5.41) is 6.53. The number of aromatic nitrogens is 2. The van der Waals surface area contributed by atoms with E-state index in [9.17, 15) is 0 Å². The van der Waals surface area contributed by atoms with E-state index in [0.29, 0.717) is 5.92 Å². The van der Waals surface area contributed by atoms with Crippen molar-refractivity contribution in [1.29, 1.82) is 0 Å². The maximum absolute atomic E-state index is 4.95. The third-order valence-corrected chi connectivity index (χ3v) is 2.37. The standard InChI is InChI=1S/C12H22N4O/c1-10(2)11-8-12(16-9-15-11)14-5-4-13-6-7-17-3/h8-10,13H,4-7H2,1-3H3,(H,14,15,16). The minimum Gasteiger partial charge on any atom is -0.383 e. The average molecular weight is 238 g/mol. The summed E-state index contributed by atoms with van der Waals surface area (Å²) in [4.78, 5) is 8.41. The highest BCUT2D eigenvalue weighted by atomic mass is 16.5. The molecule has 0 radical (unpaired) electrons. The first-order valence-corrected chi connectivity index (χ1v) is 5.99. The van der Waals surface area contributed by atoms with E-state index in [2.05, 4.69) is 34.4 Å². The van der Waals surface area contributed by atoms with E-state index in [1.807, 2.05) is 6.07 Å². The molecule has 1 heterocycles. The minimum absolute atomic E-state index is 0.429. The average Bonchev–Trinajstić information content (AvgIpc) is 2.34. The number of ether oxygens (including phenoxy) is 1. The number of nitrogens with one attached hydrogen (secondary N) is 2. The van der Waals surface area contributed by atoms with Crippen LogP contribution >= 0.6 is 0 Å². The molecule has 0 saturated heterocycles. The molecule has 0 aliphatic carbocycles. The van der Waals surface area contributed by atoms with E-state index in [4.69, 9.17) is 4.74 Å². The molecule has 0 aromatic carbocycles. The van der Waals surface area contributed by atoms with Crippen molar-refractivity contribution < 1.29 is 4.74 Å². The second-order valence-corrected chi connectivity index (χ2v) is 4.15. The fourth-order valence-corrected chi connectivity index (χ4v) is 1.36. The normalized spacial score (nSPS) is 10.8. The third kappa shape index (κ3) is 5.60. The number of hydrogen-bond acceptors (Lipinski definition) is 5. The molecular weight excluding hydrogens is 216 g/mol. The summed E-state index contributed by atoms with van der Waals surface area (Å²) in [6.07, 6.45) is 1.61. The van der Waals surface area contributed by atoms with Crippen LogP contribution in [-0.4, -0.2) is 43.3 Å². The van der Waals surface area contributed by atoms with Crippen LogP contribution in [0.3, 0.4) is 0 Å². The number of nitrogens with zero attached hydrogens (tertiary/aromatic N) is 2. The number of methoxy groups -OCH3 is 1. The molecule has 0 spiro atoms. The highest BCUT2D eigenvalue weighted by molar-refractivity contribution is 5.35. The predicted octanol–water partition coefficient (Wildman–Crippen LogP) is 1.25. The van der Waals surface area contributed by atoms with Gasteiger partial charge in [0.05, 0.1) is 6.61 Å². The maximum Gasteiger partial charge on any atom is 0.129 e. The van der Waals surface area contributed by atoms with E-state index in [-0.39, 0.29) is 0 Å². The van der Waals surface area contributed by atoms with E-state index in [0.717, 1.165) is 37.8 Å². The van der Waals surface area contributed by atoms with Crippen LogP contribution in [0.2, 0.25) is 0 Å². The molecule has 5 heteroatoms. The molecule has 5 nitrogen and oxygen atoms in total. The Kier molecular flexibility index (Phi) is 6.50. The Bertz CT molecular complexity index is 317. The Morgan fingerprint density at radius 3 is 2.76 bits per heavy atom. The molecule has 0 bridgehead atoms. The molecule has 1 rings (SSSR count). The van der Waals surface area contributed by atoms with E-state index in [1.54, 1.807) is 13.4 Å². The lowest BCUT2D eigenvalue weighted by atomic mass is 10.1. The summed E-state index contributed by atoms with van der Waals surface area (Å²) in [5.41, 5.74) is 1.06. The van der Waals surface area contributed by atoms with Crippen molar-refractivity contribution in [2.45, 2.75) is 19.8 Å². The maximum atomic E-state index is 4.95. The molecular formula is C12H22N4O. The molecule has 0 aliphatic heterocycles. The first-order valence-electron chi connectivity index (χ1n) is 5.99. The zero-order valence-electron chi connectivity index (χ0n) is 10.9. The Labute approximate surface area is 103 Å². The molecule has 1 aromatic rings. The Morgan fingerprint density at radius 2 is 2.06 bits per heavy atom. The predicted molar refractivity (Wildman–Crippen MR) is 69.4 cm³/mol. The highest BCUT2D eigenvalue weighted by Gasteiger charge is 2.02. The van der Waals surface area contributed by atoms with Crippen molar-refractivity contribution in [3.8, 4) is 0 Å². The lowest BCUT2D eigenvalue weighted by molar-refractivity contribution is 0.200. The van der Waals surface area contributed by atoms with E-state index >= 15 is 0 Å². The van der Waals surface area contributed by atoms with Crippen molar-refractivity contribution in [3.63, 3.8) is 0 Å². The number of anilines is 1. The molecule has 96 valence electrons. The fourth-order valence-electron chi connectivity index (χ4n) is 1.36. The number of rotatable bonds is 8. The van der Waals surface area contributed by atoms with E-state index < -0.39 is 0 Å². The molecule has 17 heavy (non-hydrogen) atoms. The molecule has 1 aromatic heterocycles. The van der Waals surface area contributed by atoms with Gasteiger partial charge in [-0.2, -0.15) is 0 Å². The van der Waals surface area contributed by atoms with Gasteiger partial charge in [0, 0.05) is 38.5 Å². The van der Waals surface area contributed by atoms with Crippen LogP contribution in [0.5, 0.6) is 0 Å². The first kappa shape index (κ1) is 13.9. The van der Waals surface area contributed by atoms with Gasteiger partial charge in [0.25, 0.3) is 0 Å². The van der Waals surface area contributed by atoms with Crippen molar-refractivity contribution in [1.82, 2.24) is 15.3 Å². The minimum atomic E-state index is 0.429. The summed E-state index contributed by atoms with van der Waals surface area (Å²) < 4.78 is 4.95. The van der Waals surface area contributed by atoms with Gasteiger partial charge in [-0.3, -0.25) is 0 Å². The van der Waals surface area contributed by atoms with Crippen LogP contribution in [0.25, 0.3) is 0 Å². The monoisotopic (exact) mass is 238 g/mol. The molecule has 0 aliphatic rings. The summed E-state index contributed by atoms with van der Waals surface area (Å²) in [5.74, 6) is 1.32. The van der Waals surface area contributed by atoms with Gasteiger partial charge in [-0.15, -0.1) is 0 Å². The van der Waals surface area contributed by atoms with Crippen LogP contribution < -0.4 is 10.6 Å². The van der Waals surface area contributed by atoms with Crippen molar-refractivity contribution in [2.24, 2.45) is 0 Å². The van der Waals surface area contributed by atoms with Crippen LogP contribution in [0.15, 0.2) is 12.4 Å². The Morgan fingerprint density at radius 1 is 1.24 bits per heavy atom. The van der Waals surface area contributed by atoms with Gasteiger partial charge in [0.2, 0.25) is 0 Å². The SMILES string of the molecule is COCCNCCNc1cc(C(C)C)ncn1. The largest absolute Gasteiger partial charge is 0.383 e. The molecule has 0 saturated carbocycles. The van der Waals surface area contributed by atoms with Gasteiger partial charge in [-0.05, 0) is 5.92 Å². The van der Waals surface area contributed by atoms with Crippen molar-refractivity contribution in [3.05, 3.63) is 18.1 Å². The molecule has 2 N–H and O–H groups in total. The zero-order valence-corrected chi connectivity index (χ0v) is 10.9. The van der Waals surface area contributed by atoms with Gasteiger partial charge in [-0.1, -0.05) is 13.8 Å². The van der Waals surface area contributed by atoms with Gasteiger partial charge >= 0.3 is 0 Å². The first-order chi connectivity index (χ1) is 8.24. The third-order valence-electron chi connectivity index (χ3n) is 2.37. The zero-order chi connectivity index (χ0) is 12.5. The van der Waals surface area contributed by atoms with Crippen molar-refractivity contribution in [2.75, 3.05) is 38.7 Å². The highest BCUT2D eigenvalue weighted by Crippen LogP contribution is 2.13. The summed E-state index contributed by atoms with van der Waals surface area (Å²) >= 11 is 0. The van der Waals surface area contributed by atoms with Crippen LogP contribution in [0.4, 0.5) is 5.82 Å². The van der Waals surface area contributed by atoms with Gasteiger partial charge in [-0.25, -0.2) is 9.97 Å². The second kappa shape index (κ2) is 7.97. The van der Waals surface area contributed by atoms with Crippen LogP contribution in [0.1, 0.15) is 25.5 Å². The molecule has 0 fully saturated rings.